The van der Waals surface area contributed by atoms with E-state index < -0.39 is 66.1 Å². The summed E-state index contributed by atoms with van der Waals surface area (Å²) < 4.78 is 12.7. The molecule has 47 heavy (non-hydrogen) atoms. The summed E-state index contributed by atoms with van der Waals surface area (Å²) in [6, 6.07) is 12.5. The number of nitrogens with one attached hydrogen (secondary N) is 1. The van der Waals surface area contributed by atoms with Crippen molar-refractivity contribution in [2.75, 3.05) is 24.6 Å². The second-order valence-corrected chi connectivity index (χ2v) is 12.9. The van der Waals surface area contributed by atoms with Crippen LogP contribution >= 0.6 is 11.6 Å². The first-order valence-electron chi connectivity index (χ1n) is 16.0. The van der Waals surface area contributed by atoms with E-state index in [1.165, 1.54) is 9.80 Å². The summed E-state index contributed by atoms with van der Waals surface area (Å²) in [5.74, 6) is -3.72. The molecule has 7 atom stereocenters. The molecule has 11 heteroatoms. The molecule has 0 radical (unpaired) electrons. The van der Waals surface area contributed by atoms with Crippen molar-refractivity contribution < 1.29 is 33.8 Å². The zero-order valence-electron chi connectivity index (χ0n) is 26.8. The fourth-order valence-electron chi connectivity index (χ4n) is 7.38. The van der Waals surface area contributed by atoms with E-state index in [0.717, 1.165) is 5.56 Å². The molecule has 3 fully saturated rings. The third-order valence-electron chi connectivity index (χ3n) is 9.51. The van der Waals surface area contributed by atoms with Crippen molar-refractivity contribution in [1.29, 1.82) is 0 Å². The van der Waals surface area contributed by atoms with Crippen LogP contribution in [-0.2, 0) is 28.7 Å². The minimum atomic E-state index is -1.32. The van der Waals surface area contributed by atoms with Crippen LogP contribution in [-0.4, -0.2) is 77.2 Å². The normalized spacial score (nSPS) is 25.5. The van der Waals surface area contributed by atoms with Crippen molar-refractivity contribution in [3.63, 3.8) is 0 Å². The Bertz CT molecular complexity index is 1510. The number of amides is 3. The van der Waals surface area contributed by atoms with Gasteiger partial charge in [0.2, 0.25) is 11.8 Å². The average molecular weight is 664 g/mol. The molecule has 2 aromatic rings. The van der Waals surface area contributed by atoms with Crippen LogP contribution in [0.1, 0.15) is 49.8 Å². The molecule has 5 rings (SSSR count). The van der Waals surface area contributed by atoms with Gasteiger partial charge >= 0.3 is 5.97 Å². The van der Waals surface area contributed by atoms with Gasteiger partial charge in [-0.2, -0.15) is 0 Å². The summed E-state index contributed by atoms with van der Waals surface area (Å²) in [5, 5.41) is 13.4. The molecule has 10 nitrogen and oxygen atoms in total. The van der Waals surface area contributed by atoms with Gasteiger partial charge in [0.05, 0.1) is 47.8 Å². The van der Waals surface area contributed by atoms with Crippen LogP contribution in [0.25, 0.3) is 0 Å². The highest BCUT2D eigenvalue weighted by Crippen LogP contribution is 2.59. The van der Waals surface area contributed by atoms with Crippen LogP contribution in [0.2, 0.25) is 5.02 Å². The van der Waals surface area contributed by atoms with Gasteiger partial charge in [-0.3, -0.25) is 19.2 Å². The van der Waals surface area contributed by atoms with Crippen LogP contribution in [0.4, 0.5) is 5.69 Å². The van der Waals surface area contributed by atoms with E-state index in [4.69, 9.17) is 21.1 Å². The van der Waals surface area contributed by atoms with E-state index in [1.807, 2.05) is 31.2 Å². The zero-order valence-corrected chi connectivity index (χ0v) is 27.5. The van der Waals surface area contributed by atoms with E-state index in [1.54, 1.807) is 43.3 Å². The van der Waals surface area contributed by atoms with E-state index in [0.29, 0.717) is 35.5 Å². The molecule has 0 aliphatic carbocycles. The molecule has 0 unspecified atom stereocenters. The molecule has 2 bridgehead atoms. The number of nitrogens with zero attached hydrogens (tertiary/aromatic N) is 2. The Labute approximate surface area is 280 Å². The number of aliphatic hydroxyl groups excluding tert-OH is 1. The molecule has 2 aromatic carbocycles. The highest BCUT2D eigenvalue weighted by atomic mass is 35.5. The maximum Gasteiger partial charge on any atom is 0.313 e. The van der Waals surface area contributed by atoms with E-state index >= 15 is 0 Å². The van der Waals surface area contributed by atoms with Crippen molar-refractivity contribution in [3.8, 4) is 0 Å². The standard InChI is InChI=1S/C36H42ClN3O7/c1-5-7-16-28(42)38-20-27(24-13-9-8-10-14-24)46-35(45)29-26-17-18-36(47-26)30(29)33(43)40(23(4)21-41)32(36)34(44)39(19-6-2)31-22(3)12-11-15-25(31)37/h5-6,8-15,23,26-27,29-30,32,41H,1-2,7,16-21H2,3-4H3,(H,38,42)/t23-,26+,27-,29-,30-,32+,36-/m1/s1. The van der Waals surface area contributed by atoms with Crippen molar-refractivity contribution in [3.05, 3.63) is 90.0 Å². The Morgan fingerprint density at radius 3 is 2.60 bits per heavy atom. The van der Waals surface area contributed by atoms with Gasteiger partial charge in [0.15, 0.2) is 0 Å². The van der Waals surface area contributed by atoms with E-state index in [-0.39, 0.29) is 25.4 Å². The molecule has 0 aromatic heterocycles. The summed E-state index contributed by atoms with van der Waals surface area (Å²) in [6.07, 6.45) is 3.34. The van der Waals surface area contributed by atoms with Crippen LogP contribution in [0.15, 0.2) is 73.8 Å². The van der Waals surface area contributed by atoms with Crippen molar-refractivity contribution in [2.24, 2.45) is 11.8 Å². The van der Waals surface area contributed by atoms with E-state index in [2.05, 4.69) is 18.5 Å². The fraction of sp³-hybridized carbons (Fsp3) is 0.444. The van der Waals surface area contributed by atoms with Crippen LogP contribution in [0, 0.1) is 18.8 Å². The summed E-state index contributed by atoms with van der Waals surface area (Å²) in [5.41, 5.74) is 0.615. The van der Waals surface area contributed by atoms with Gasteiger partial charge in [0.1, 0.15) is 17.7 Å². The molecule has 3 aliphatic heterocycles. The minimum Gasteiger partial charge on any atom is -0.455 e. The quantitative estimate of drug-likeness (QED) is 0.228. The van der Waals surface area contributed by atoms with Crippen molar-refractivity contribution >= 4 is 41.0 Å². The number of para-hydroxylation sites is 1. The Morgan fingerprint density at radius 1 is 1.19 bits per heavy atom. The van der Waals surface area contributed by atoms with Crippen LogP contribution in [0.5, 0.6) is 0 Å². The predicted octanol–water partition coefficient (Wildman–Crippen LogP) is 4.29. The maximum absolute atomic E-state index is 14.7. The van der Waals surface area contributed by atoms with Gasteiger partial charge in [-0.25, -0.2) is 0 Å². The Morgan fingerprint density at radius 2 is 1.94 bits per heavy atom. The Hall–Kier alpha value is -3.99. The van der Waals surface area contributed by atoms with Crippen molar-refractivity contribution in [2.45, 2.75) is 69.4 Å². The number of aliphatic hydroxyl groups is 1. The molecular formula is C36H42ClN3O7. The second-order valence-electron chi connectivity index (χ2n) is 12.4. The summed E-state index contributed by atoms with van der Waals surface area (Å²) in [4.78, 5) is 58.5. The third-order valence-corrected chi connectivity index (χ3v) is 9.81. The van der Waals surface area contributed by atoms with Gasteiger partial charge in [-0.05, 0) is 50.3 Å². The molecule has 0 saturated carbocycles. The zero-order chi connectivity index (χ0) is 33.9. The number of hydrogen-bond donors (Lipinski definition) is 2. The lowest BCUT2D eigenvalue weighted by molar-refractivity contribution is -0.161. The van der Waals surface area contributed by atoms with Gasteiger partial charge < -0.3 is 29.7 Å². The number of hydrogen-bond acceptors (Lipinski definition) is 7. The first kappa shape index (κ1) is 34.3. The molecule has 3 aliphatic rings. The van der Waals surface area contributed by atoms with E-state index in [9.17, 15) is 24.3 Å². The summed E-state index contributed by atoms with van der Waals surface area (Å²) in [6.45, 7) is 10.7. The number of aryl methyl sites for hydroxylation is 1. The van der Waals surface area contributed by atoms with Crippen LogP contribution < -0.4 is 10.2 Å². The molecule has 3 amide bonds. The Kier molecular flexibility index (Phi) is 10.5. The number of fused-ring (bicyclic) bond motifs is 1. The smallest absolute Gasteiger partial charge is 0.313 e. The number of anilines is 1. The first-order chi connectivity index (χ1) is 22.6. The molecule has 3 saturated heterocycles. The lowest BCUT2D eigenvalue weighted by atomic mass is 9.70. The number of rotatable bonds is 14. The molecule has 1 spiro atoms. The monoisotopic (exact) mass is 663 g/mol. The summed E-state index contributed by atoms with van der Waals surface area (Å²) in [7, 11) is 0. The lowest BCUT2D eigenvalue weighted by Crippen LogP contribution is -2.58. The fourth-order valence-corrected chi connectivity index (χ4v) is 7.70. The SMILES string of the molecule is C=CCCC(=O)NC[C@@H](OC(=O)[C@@H]1[C@@H]2CC[C@]3(O2)[C@H](C(=O)N(CC=C)c2c(C)cccc2Cl)N([C@H](C)CO)C(=O)[C@@H]13)c1ccccc1. The number of esters is 1. The molecule has 2 N–H and O–H groups in total. The largest absolute Gasteiger partial charge is 0.455 e. The second kappa shape index (κ2) is 14.4. The number of carbonyl (C=O) groups is 4. The average Bonchev–Trinajstić information content (AvgIpc) is 3.72. The number of ether oxygens (including phenoxy) is 2. The first-order valence-corrected chi connectivity index (χ1v) is 16.4. The minimum absolute atomic E-state index is 0.0379. The molecular weight excluding hydrogens is 622 g/mol. The Balaban J connectivity index is 1.48. The summed E-state index contributed by atoms with van der Waals surface area (Å²) >= 11 is 6.62. The van der Waals surface area contributed by atoms with Gasteiger partial charge in [0, 0.05) is 13.0 Å². The lowest BCUT2D eigenvalue weighted by Gasteiger charge is -2.39. The third kappa shape index (κ3) is 6.34. The number of benzene rings is 2. The van der Waals surface area contributed by atoms with Crippen LogP contribution in [0.3, 0.4) is 0 Å². The number of halogens is 1. The highest BCUT2D eigenvalue weighted by molar-refractivity contribution is 6.34. The van der Waals surface area contributed by atoms with Gasteiger partial charge in [-0.1, -0.05) is 66.2 Å². The number of carbonyl (C=O) groups excluding carboxylic acids is 4. The number of likely N-dealkylation sites (tertiary alicyclic amines) is 1. The predicted molar refractivity (Wildman–Crippen MR) is 177 cm³/mol. The van der Waals surface area contributed by atoms with Gasteiger partial charge in [-0.15, -0.1) is 13.2 Å². The highest BCUT2D eigenvalue weighted by Gasteiger charge is 2.75. The van der Waals surface area contributed by atoms with Crippen molar-refractivity contribution in [1.82, 2.24) is 10.2 Å². The maximum atomic E-state index is 14.7. The number of allylic oxidation sites excluding steroid dienone is 1. The topological polar surface area (TPSA) is 125 Å². The molecule has 3 heterocycles. The van der Waals surface area contributed by atoms with Gasteiger partial charge in [0.25, 0.3) is 5.91 Å². The molecule has 250 valence electrons.